The van der Waals surface area contributed by atoms with Crippen molar-refractivity contribution in [2.45, 2.75) is 33.6 Å². The molecule has 1 N–H and O–H groups in total. The molecule has 1 saturated heterocycles. The summed E-state index contributed by atoms with van der Waals surface area (Å²) in [6.45, 7) is 7.13. The Kier molecular flexibility index (Phi) is 4.75. The first-order valence-electron chi connectivity index (χ1n) is 9.48. The zero-order valence-electron chi connectivity index (χ0n) is 16.3. The smallest absolute Gasteiger partial charge is 0.231 e. The quantitative estimate of drug-likeness (QED) is 0.737. The molecular formula is C21H23FN4O2. The summed E-state index contributed by atoms with van der Waals surface area (Å²) in [6.07, 6.45) is 1.66. The van der Waals surface area contributed by atoms with Gasteiger partial charge in [0.2, 0.25) is 11.6 Å². The molecule has 1 aliphatic heterocycles. The van der Waals surface area contributed by atoms with Crippen molar-refractivity contribution in [3.8, 4) is 0 Å². The van der Waals surface area contributed by atoms with Gasteiger partial charge in [0.15, 0.2) is 0 Å². The average Bonchev–Trinajstić information content (AvgIpc) is 2.95. The fraction of sp³-hybridized carbons (Fsp3) is 0.381. The van der Waals surface area contributed by atoms with Crippen molar-refractivity contribution in [2.24, 2.45) is 5.92 Å². The van der Waals surface area contributed by atoms with E-state index >= 15 is 0 Å². The zero-order chi connectivity index (χ0) is 19.8. The maximum Gasteiger partial charge on any atom is 0.231 e. The van der Waals surface area contributed by atoms with Crippen molar-refractivity contribution in [3.63, 3.8) is 0 Å². The van der Waals surface area contributed by atoms with Gasteiger partial charge in [-0.15, -0.1) is 0 Å². The molecule has 0 saturated carbocycles. The van der Waals surface area contributed by atoms with Crippen LogP contribution in [0.15, 0.2) is 28.7 Å². The van der Waals surface area contributed by atoms with Gasteiger partial charge in [0.05, 0.1) is 11.3 Å². The second-order valence-corrected chi connectivity index (χ2v) is 7.34. The Morgan fingerprint density at radius 2 is 2.11 bits per heavy atom. The minimum Gasteiger partial charge on any atom is -0.443 e. The molecule has 6 nitrogen and oxygen atoms in total. The highest BCUT2D eigenvalue weighted by molar-refractivity contribution is 5.94. The molecule has 0 bridgehead atoms. The number of carbonyl (C=O) groups excluding carboxylic acids is 1. The Bertz CT molecular complexity index is 1050. The number of rotatable bonds is 3. The van der Waals surface area contributed by atoms with E-state index in [1.54, 1.807) is 12.1 Å². The van der Waals surface area contributed by atoms with Crippen LogP contribution in [0.1, 0.15) is 30.0 Å². The number of furan rings is 1. The van der Waals surface area contributed by atoms with Gasteiger partial charge in [-0.25, -0.2) is 9.37 Å². The zero-order valence-corrected chi connectivity index (χ0v) is 16.3. The number of amides is 1. The van der Waals surface area contributed by atoms with Gasteiger partial charge < -0.3 is 14.6 Å². The molecule has 146 valence electrons. The number of hydrogen-bond donors (Lipinski definition) is 1. The third-order valence-corrected chi connectivity index (χ3v) is 5.31. The standard InChI is InChI=1S/C21H23FN4O2/c1-12-13(2)28-21-18(12)19(23-14(3)24-21)26-9-5-6-15(11-26)20(27)25-17-8-4-7-16(22)10-17/h4,7-8,10,15H,5-6,9,11H2,1-3H3,(H,25,27)/t15-/m1/s1. The minimum absolute atomic E-state index is 0.0996. The summed E-state index contributed by atoms with van der Waals surface area (Å²) in [4.78, 5) is 24.0. The maximum absolute atomic E-state index is 13.4. The van der Waals surface area contributed by atoms with Crippen LogP contribution in [0.2, 0.25) is 0 Å². The van der Waals surface area contributed by atoms with Crippen molar-refractivity contribution >= 4 is 28.5 Å². The molecule has 2 aromatic heterocycles. The van der Waals surface area contributed by atoms with E-state index in [1.807, 2.05) is 20.8 Å². The number of anilines is 2. The molecule has 1 aromatic carbocycles. The van der Waals surface area contributed by atoms with Gasteiger partial charge in [-0.05, 0) is 51.8 Å². The van der Waals surface area contributed by atoms with E-state index in [-0.39, 0.29) is 17.6 Å². The van der Waals surface area contributed by atoms with Gasteiger partial charge in [-0.3, -0.25) is 4.79 Å². The minimum atomic E-state index is -0.368. The second-order valence-electron chi connectivity index (χ2n) is 7.34. The van der Waals surface area contributed by atoms with Crippen LogP contribution >= 0.6 is 0 Å². The van der Waals surface area contributed by atoms with Crippen molar-refractivity contribution in [1.29, 1.82) is 0 Å². The highest BCUT2D eigenvalue weighted by atomic mass is 19.1. The van der Waals surface area contributed by atoms with Gasteiger partial charge >= 0.3 is 0 Å². The molecule has 3 aromatic rings. The number of aromatic nitrogens is 2. The lowest BCUT2D eigenvalue weighted by Crippen LogP contribution is -2.41. The summed E-state index contributed by atoms with van der Waals surface area (Å²) in [5.74, 6) is 1.62. The summed E-state index contributed by atoms with van der Waals surface area (Å²) in [6, 6.07) is 5.96. The van der Waals surface area contributed by atoms with Gasteiger partial charge in [0.1, 0.15) is 23.2 Å². The highest BCUT2D eigenvalue weighted by Gasteiger charge is 2.29. The molecule has 0 aliphatic carbocycles. The van der Waals surface area contributed by atoms with Crippen molar-refractivity contribution < 1.29 is 13.6 Å². The summed E-state index contributed by atoms with van der Waals surface area (Å²) < 4.78 is 19.2. The fourth-order valence-corrected chi connectivity index (χ4v) is 3.76. The van der Waals surface area contributed by atoms with Crippen LogP contribution in [-0.2, 0) is 4.79 Å². The average molecular weight is 382 g/mol. The Labute approximate surface area is 162 Å². The van der Waals surface area contributed by atoms with Crippen LogP contribution < -0.4 is 10.2 Å². The van der Waals surface area contributed by atoms with Crippen LogP contribution in [0, 0.1) is 32.5 Å². The molecule has 1 fully saturated rings. The summed E-state index contributed by atoms with van der Waals surface area (Å²) in [7, 11) is 0. The number of benzene rings is 1. The molecule has 28 heavy (non-hydrogen) atoms. The highest BCUT2D eigenvalue weighted by Crippen LogP contribution is 2.33. The third kappa shape index (κ3) is 3.44. The van der Waals surface area contributed by atoms with Gasteiger partial charge in [0, 0.05) is 24.3 Å². The van der Waals surface area contributed by atoms with E-state index in [0.29, 0.717) is 23.8 Å². The van der Waals surface area contributed by atoms with E-state index in [4.69, 9.17) is 4.42 Å². The number of nitrogens with one attached hydrogen (secondary N) is 1. The normalized spacial score (nSPS) is 17.1. The Morgan fingerprint density at radius 1 is 1.29 bits per heavy atom. The molecule has 1 atom stereocenters. The van der Waals surface area contributed by atoms with Crippen LogP contribution in [0.5, 0.6) is 0 Å². The Morgan fingerprint density at radius 3 is 2.89 bits per heavy atom. The predicted octanol–water partition coefficient (Wildman–Crippen LogP) is 4.14. The maximum atomic E-state index is 13.4. The number of halogens is 1. The molecule has 4 rings (SSSR count). The van der Waals surface area contributed by atoms with Crippen LogP contribution in [0.25, 0.3) is 11.1 Å². The van der Waals surface area contributed by atoms with Gasteiger partial charge in [0.25, 0.3) is 0 Å². The monoisotopic (exact) mass is 382 g/mol. The molecule has 0 radical (unpaired) electrons. The first kappa shape index (κ1) is 18.4. The van der Waals surface area contributed by atoms with Crippen LogP contribution in [0.3, 0.4) is 0 Å². The Balaban J connectivity index is 1.59. The lowest BCUT2D eigenvalue weighted by atomic mass is 9.96. The van der Waals surface area contributed by atoms with E-state index in [2.05, 4.69) is 20.2 Å². The SMILES string of the molecule is Cc1nc(N2CCC[C@@H](C(=O)Nc3cccc(F)c3)C2)c2c(C)c(C)oc2n1. The number of carbonyl (C=O) groups is 1. The van der Waals surface area contributed by atoms with Crippen molar-refractivity contribution in [3.05, 3.63) is 47.2 Å². The molecular weight excluding hydrogens is 359 g/mol. The molecule has 1 amide bonds. The molecule has 0 spiro atoms. The fourth-order valence-electron chi connectivity index (χ4n) is 3.76. The first-order valence-corrected chi connectivity index (χ1v) is 9.48. The number of piperidine rings is 1. The summed E-state index contributed by atoms with van der Waals surface area (Å²) in [5, 5.41) is 3.74. The molecule has 7 heteroatoms. The predicted molar refractivity (Wildman–Crippen MR) is 106 cm³/mol. The first-order chi connectivity index (χ1) is 13.4. The van der Waals surface area contributed by atoms with Crippen molar-refractivity contribution in [1.82, 2.24) is 9.97 Å². The van der Waals surface area contributed by atoms with Gasteiger partial charge in [-0.2, -0.15) is 4.98 Å². The van der Waals surface area contributed by atoms with Crippen molar-refractivity contribution in [2.75, 3.05) is 23.3 Å². The largest absolute Gasteiger partial charge is 0.443 e. The summed E-state index contributed by atoms with van der Waals surface area (Å²) >= 11 is 0. The van der Waals surface area contributed by atoms with E-state index in [9.17, 15) is 9.18 Å². The molecule has 3 heterocycles. The number of fused-ring (bicyclic) bond motifs is 1. The third-order valence-electron chi connectivity index (χ3n) is 5.31. The topological polar surface area (TPSA) is 71.3 Å². The molecule has 0 unspecified atom stereocenters. The van der Waals surface area contributed by atoms with Crippen LogP contribution in [-0.4, -0.2) is 29.0 Å². The van der Waals surface area contributed by atoms with Gasteiger partial charge in [-0.1, -0.05) is 6.07 Å². The van der Waals surface area contributed by atoms with E-state index < -0.39 is 0 Å². The van der Waals surface area contributed by atoms with E-state index in [1.165, 1.54) is 12.1 Å². The molecule has 1 aliphatic rings. The van der Waals surface area contributed by atoms with Crippen LogP contribution in [0.4, 0.5) is 15.9 Å². The van der Waals surface area contributed by atoms with E-state index in [0.717, 1.165) is 41.9 Å². The second kappa shape index (κ2) is 7.22. The lowest BCUT2D eigenvalue weighted by Gasteiger charge is -2.33. The summed E-state index contributed by atoms with van der Waals surface area (Å²) in [5.41, 5.74) is 2.09. The number of aryl methyl sites for hydroxylation is 3. The Hall–Kier alpha value is -2.96. The number of hydrogen-bond acceptors (Lipinski definition) is 5. The lowest BCUT2D eigenvalue weighted by molar-refractivity contribution is -0.120. The number of nitrogens with zero attached hydrogens (tertiary/aromatic N) is 3.